The lowest BCUT2D eigenvalue weighted by Crippen LogP contribution is -2.08. The third kappa shape index (κ3) is 2.84. The minimum atomic E-state index is -0.929. The Hall–Kier alpha value is -2.66. The fourth-order valence-electron chi connectivity index (χ4n) is 2.14. The van der Waals surface area contributed by atoms with Crippen LogP contribution in [0.15, 0.2) is 59.0 Å². The van der Waals surface area contributed by atoms with E-state index in [0.29, 0.717) is 11.5 Å². The number of hydrogen-bond donors (Lipinski definition) is 1. The predicted molar refractivity (Wildman–Crippen MR) is 84.6 cm³/mol. The molecule has 0 aliphatic carbocycles. The number of aliphatic hydroxyl groups is 1. The van der Waals surface area contributed by atoms with Gasteiger partial charge in [-0.15, -0.1) is 10.2 Å². The standard InChI is InChI=1S/C17H17N3O2/c1-20(2)14-10-8-12(9-11-14)15(21)17-19-18-16(22-17)13-6-4-3-5-7-13/h3-11,15,21H,1-2H3/t15-/m1/s1. The summed E-state index contributed by atoms with van der Waals surface area (Å²) < 4.78 is 5.58. The van der Waals surface area contributed by atoms with E-state index in [2.05, 4.69) is 10.2 Å². The monoisotopic (exact) mass is 295 g/mol. The molecule has 0 unspecified atom stereocenters. The molecule has 1 atom stereocenters. The first-order valence-corrected chi connectivity index (χ1v) is 6.99. The smallest absolute Gasteiger partial charge is 0.249 e. The van der Waals surface area contributed by atoms with Crippen molar-refractivity contribution in [3.05, 3.63) is 66.1 Å². The lowest BCUT2D eigenvalue weighted by atomic mass is 10.1. The van der Waals surface area contributed by atoms with Crippen LogP contribution in [0.4, 0.5) is 5.69 Å². The van der Waals surface area contributed by atoms with E-state index in [4.69, 9.17) is 4.42 Å². The second-order valence-corrected chi connectivity index (χ2v) is 5.20. The van der Waals surface area contributed by atoms with Gasteiger partial charge >= 0.3 is 0 Å². The van der Waals surface area contributed by atoms with Crippen LogP contribution < -0.4 is 4.90 Å². The molecule has 112 valence electrons. The highest BCUT2D eigenvalue weighted by Gasteiger charge is 2.18. The summed E-state index contributed by atoms with van der Waals surface area (Å²) in [6.07, 6.45) is -0.929. The van der Waals surface area contributed by atoms with Crippen LogP contribution in [0, 0.1) is 0 Å². The summed E-state index contributed by atoms with van der Waals surface area (Å²) in [6.45, 7) is 0. The van der Waals surface area contributed by atoms with Crippen LogP contribution in [0.25, 0.3) is 11.5 Å². The molecular weight excluding hydrogens is 278 g/mol. The minimum absolute atomic E-state index is 0.191. The number of benzene rings is 2. The van der Waals surface area contributed by atoms with E-state index in [9.17, 15) is 5.11 Å². The first-order chi connectivity index (χ1) is 10.6. The van der Waals surface area contributed by atoms with Gasteiger partial charge in [0.1, 0.15) is 0 Å². The zero-order valence-corrected chi connectivity index (χ0v) is 12.5. The lowest BCUT2D eigenvalue weighted by Gasteiger charge is -2.13. The molecule has 3 rings (SSSR count). The predicted octanol–water partition coefficient (Wildman–Crippen LogP) is 2.88. The van der Waals surface area contributed by atoms with Crippen LogP contribution in [-0.2, 0) is 0 Å². The zero-order valence-electron chi connectivity index (χ0n) is 12.5. The van der Waals surface area contributed by atoms with Crippen molar-refractivity contribution >= 4 is 5.69 Å². The highest BCUT2D eigenvalue weighted by molar-refractivity contribution is 5.52. The average molecular weight is 295 g/mol. The van der Waals surface area contributed by atoms with Crippen LogP contribution >= 0.6 is 0 Å². The molecule has 1 heterocycles. The number of rotatable bonds is 4. The number of nitrogens with zero attached hydrogens (tertiary/aromatic N) is 3. The number of anilines is 1. The molecule has 0 amide bonds. The van der Waals surface area contributed by atoms with Crippen molar-refractivity contribution in [1.82, 2.24) is 10.2 Å². The van der Waals surface area contributed by atoms with E-state index >= 15 is 0 Å². The van der Waals surface area contributed by atoms with E-state index in [1.165, 1.54) is 0 Å². The van der Waals surface area contributed by atoms with E-state index in [1.54, 1.807) is 0 Å². The Bertz CT molecular complexity index is 736. The van der Waals surface area contributed by atoms with Gasteiger partial charge in [-0.2, -0.15) is 0 Å². The summed E-state index contributed by atoms with van der Waals surface area (Å²) in [5.41, 5.74) is 2.61. The molecule has 22 heavy (non-hydrogen) atoms. The summed E-state index contributed by atoms with van der Waals surface area (Å²) in [6, 6.07) is 17.1. The molecule has 1 N–H and O–H groups in total. The minimum Gasteiger partial charge on any atom is -0.417 e. The molecule has 2 aromatic carbocycles. The molecule has 0 fully saturated rings. The van der Waals surface area contributed by atoms with Gasteiger partial charge in [0, 0.05) is 25.3 Å². The number of aromatic nitrogens is 2. The summed E-state index contributed by atoms with van der Waals surface area (Å²) in [5.74, 6) is 0.594. The highest BCUT2D eigenvalue weighted by Crippen LogP contribution is 2.25. The Morgan fingerprint density at radius 1 is 0.955 bits per heavy atom. The molecule has 1 aromatic heterocycles. The van der Waals surface area contributed by atoms with Gasteiger partial charge in [0.2, 0.25) is 11.8 Å². The van der Waals surface area contributed by atoms with Crippen LogP contribution in [0.5, 0.6) is 0 Å². The van der Waals surface area contributed by atoms with Gasteiger partial charge in [0.15, 0.2) is 6.10 Å². The summed E-state index contributed by atoms with van der Waals surface area (Å²) in [5, 5.41) is 18.3. The number of hydrogen-bond acceptors (Lipinski definition) is 5. The third-order valence-corrected chi connectivity index (χ3v) is 3.42. The molecule has 0 radical (unpaired) electrons. The molecule has 5 nitrogen and oxygen atoms in total. The van der Waals surface area contributed by atoms with Gasteiger partial charge in [0.25, 0.3) is 0 Å². The normalized spacial score (nSPS) is 12.1. The maximum atomic E-state index is 10.4. The molecule has 0 aliphatic rings. The van der Waals surface area contributed by atoms with Crippen molar-refractivity contribution in [2.75, 3.05) is 19.0 Å². The molecular formula is C17H17N3O2. The van der Waals surface area contributed by atoms with Crippen LogP contribution in [0.1, 0.15) is 17.6 Å². The van der Waals surface area contributed by atoms with E-state index in [-0.39, 0.29) is 5.89 Å². The molecule has 5 heteroatoms. The Kier molecular flexibility index (Phi) is 3.89. The second-order valence-electron chi connectivity index (χ2n) is 5.20. The van der Waals surface area contributed by atoms with E-state index in [1.807, 2.05) is 73.6 Å². The second kappa shape index (κ2) is 5.99. The van der Waals surface area contributed by atoms with Crippen molar-refractivity contribution in [2.24, 2.45) is 0 Å². The van der Waals surface area contributed by atoms with Crippen molar-refractivity contribution in [2.45, 2.75) is 6.10 Å². The van der Waals surface area contributed by atoms with Crippen molar-refractivity contribution in [3.8, 4) is 11.5 Å². The Labute approximate surface area is 128 Å². The topological polar surface area (TPSA) is 62.4 Å². The average Bonchev–Trinajstić information content (AvgIpc) is 3.05. The molecule has 0 spiro atoms. The molecule has 3 aromatic rings. The Balaban J connectivity index is 1.83. The van der Waals surface area contributed by atoms with Crippen LogP contribution in [-0.4, -0.2) is 29.4 Å². The molecule has 0 saturated carbocycles. The highest BCUT2D eigenvalue weighted by atomic mass is 16.4. The fourth-order valence-corrected chi connectivity index (χ4v) is 2.14. The van der Waals surface area contributed by atoms with Crippen LogP contribution in [0.3, 0.4) is 0 Å². The molecule has 0 bridgehead atoms. The lowest BCUT2D eigenvalue weighted by molar-refractivity contribution is 0.183. The van der Waals surface area contributed by atoms with Gasteiger partial charge in [-0.05, 0) is 29.8 Å². The van der Waals surface area contributed by atoms with E-state index in [0.717, 1.165) is 11.3 Å². The SMILES string of the molecule is CN(C)c1ccc([C@@H](O)c2nnc(-c3ccccc3)o2)cc1. The van der Waals surface area contributed by atoms with Crippen molar-refractivity contribution in [3.63, 3.8) is 0 Å². The van der Waals surface area contributed by atoms with Gasteiger partial charge in [-0.25, -0.2) is 0 Å². The quantitative estimate of drug-likeness (QED) is 0.802. The first kappa shape index (κ1) is 14.3. The third-order valence-electron chi connectivity index (χ3n) is 3.42. The zero-order chi connectivity index (χ0) is 15.5. The van der Waals surface area contributed by atoms with Gasteiger partial charge in [-0.3, -0.25) is 0 Å². The summed E-state index contributed by atoms with van der Waals surface area (Å²) in [4.78, 5) is 2.00. The van der Waals surface area contributed by atoms with Crippen molar-refractivity contribution < 1.29 is 9.52 Å². The summed E-state index contributed by atoms with van der Waals surface area (Å²) >= 11 is 0. The Morgan fingerprint density at radius 3 is 2.27 bits per heavy atom. The fraction of sp³-hybridized carbons (Fsp3) is 0.176. The van der Waals surface area contributed by atoms with E-state index < -0.39 is 6.10 Å². The number of aliphatic hydroxyl groups excluding tert-OH is 1. The largest absolute Gasteiger partial charge is 0.417 e. The maximum absolute atomic E-state index is 10.4. The molecule has 0 aliphatic heterocycles. The maximum Gasteiger partial charge on any atom is 0.249 e. The first-order valence-electron chi connectivity index (χ1n) is 6.99. The van der Waals surface area contributed by atoms with Crippen LogP contribution in [0.2, 0.25) is 0 Å². The van der Waals surface area contributed by atoms with Gasteiger partial charge in [-0.1, -0.05) is 30.3 Å². The van der Waals surface area contributed by atoms with Crippen molar-refractivity contribution in [1.29, 1.82) is 0 Å². The Morgan fingerprint density at radius 2 is 1.64 bits per heavy atom. The van der Waals surface area contributed by atoms with Gasteiger partial charge in [0.05, 0.1) is 0 Å². The van der Waals surface area contributed by atoms with Gasteiger partial charge < -0.3 is 14.4 Å². The molecule has 0 saturated heterocycles. The summed E-state index contributed by atoms with van der Waals surface area (Å²) in [7, 11) is 3.94.